The summed E-state index contributed by atoms with van der Waals surface area (Å²) in [6, 6.07) is 22.0. The van der Waals surface area contributed by atoms with Gasteiger partial charge in [-0.2, -0.15) is 5.10 Å². The number of ether oxygens (including phenoxy) is 4. The first-order chi connectivity index (χ1) is 19.5. The van der Waals surface area contributed by atoms with Gasteiger partial charge < -0.3 is 23.8 Å². The summed E-state index contributed by atoms with van der Waals surface area (Å²) in [5, 5.41) is 5.44. The number of para-hydroxylation sites is 2. The number of aryl methyl sites for hydroxylation is 1. The molecule has 8 nitrogen and oxygen atoms in total. The van der Waals surface area contributed by atoms with Crippen molar-refractivity contribution in [3.8, 4) is 28.8 Å². The van der Waals surface area contributed by atoms with Crippen LogP contribution in [0.3, 0.4) is 0 Å². The minimum Gasteiger partial charge on any atom is -0.497 e. The van der Waals surface area contributed by atoms with Crippen LogP contribution in [0.1, 0.15) is 34.5 Å². The molecule has 0 unspecified atom stereocenters. The molecule has 1 aromatic heterocycles. The third-order valence-corrected chi connectivity index (χ3v) is 7.14. The van der Waals surface area contributed by atoms with Crippen LogP contribution in [-0.4, -0.2) is 54.1 Å². The van der Waals surface area contributed by atoms with Gasteiger partial charge in [0.25, 0.3) is 5.91 Å². The molecule has 3 aromatic carbocycles. The second kappa shape index (κ2) is 12.4. The van der Waals surface area contributed by atoms with Crippen molar-refractivity contribution in [2.45, 2.75) is 32.4 Å². The molecule has 9 heteroatoms. The first-order valence-corrected chi connectivity index (χ1v) is 13.5. The Balaban J connectivity index is 1.57. The van der Waals surface area contributed by atoms with Gasteiger partial charge in [0.2, 0.25) is 5.88 Å². The van der Waals surface area contributed by atoms with Crippen LogP contribution in [0, 0.1) is 6.92 Å². The number of methoxy groups -OCH3 is 2. The summed E-state index contributed by atoms with van der Waals surface area (Å²) < 4.78 is 25.1. The van der Waals surface area contributed by atoms with E-state index in [0.29, 0.717) is 46.9 Å². The zero-order chi connectivity index (χ0) is 28.1. The molecule has 0 N–H and O–H groups in total. The molecule has 5 rings (SSSR count). The molecule has 1 saturated heterocycles. The summed E-state index contributed by atoms with van der Waals surface area (Å²) in [4.78, 5) is 15.7. The van der Waals surface area contributed by atoms with E-state index in [1.165, 1.54) is 0 Å². The summed E-state index contributed by atoms with van der Waals surface area (Å²) in [5.41, 5.74) is 2.81. The van der Waals surface area contributed by atoms with Crippen molar-refractivity contribution >= 4 is 17.5 Å². The van der Waals surface area contributed by atoms with E-state index in [1.54, 1.807) is 48.1 Å². The highest BCUT2D eigenvalue weighted by atomic mass is 35.5. The van der Waals surface area contributed by atoms with Crippen LogP contribution >= 0.6 is 11.6 Å². The molecule has 1 fully saturated rings. The van der Waals surface area contributed by atoms with Crippen LogP contribution in [0.5, 0.6) is 23.1 Å². The molecule has 1 aliphatic heterocycles. The zero-order valence-electron chi connectivity index (χ0n) is 22.8. The van der Waals surface area contributed by atoms with E-state index in [4.69, 9.17) is 35.6 Å². The maximum Gasteiger partial charge on any atom is 0.254 e. The van der Waals surface area contributed by atoms with E-state index < -0.39 is 0 Å². The minimum absolute atomic E-state index is 0.0419. The first-order valence-electron chi connectivity index (χ1n) is 13.2. The summed E-state index contributed by atoms with van der Waals surface area (Å²) in [5.74, 6) is 2.09. The number of amides is 1. The highest BCUT2D eigenvalue weighted by molar-refractivity contribution is 6.30. The monoisotopic (exact) mass is 561 g/mol. The predicted octanol–water partition coefficient (Wildman–Crippen LogP) is 6.47. The third-order valence-electron chi connectivity index (χ3n) is 6.89. The van der Waals surface area contributed by atoms with Crippen molar-refractivity contribution in [3.63, 3.8) is 0 Å². The van der Waals surface area contributed by atoms with Crippen molar-refractivity contribution in [1.82, 2.24) is 14.7 Å². The van der Waals surface area contributed by atoms with Gasteiger partial charge in [-0.3, -0.25) is 4.79 Å². The maximum absolute atomic E-state index is 13.9. The lowest BCUT2D eigenvalue weighted by Gasteiger charge is -2.26. The molecule has 1 aliphatic rings. The number of carbonyl (C=O) groups excluding carboxylic acids is 1. The van der Waals surface area contributed by atoms with E-state index in [9.17, 15) is 4.79 Å². The topological polar surface area (TPSA) is 75.1 Å². The average Bonchev–Trinajstić information content (AvgIpc) is 3.61. The Kier molecular flexibility index (Phi) is 8.57. The Morgan fingerprint density at radius 1 is 1.05 bits per heavy atom. The quantitative estimate of drug-likeness (QED) is 0.221. The number of carbonyl (C=O) groups is 1. The summed E-state index contributed by atoms with van der Waals surface area (Å²) in [6.45, 7) is 3.31. The van der Waals surface area contributed by atoms with Gasteiger partial charge in [0.1, 0.15) is 5.75 Å². The Morgan fingerprint density at radius 2 is 1.82 bits per heavy atom. The fraction of sp³-hybridized carbons (Fsp3) is 0.290. The molecule has 0 spiro atoms. The van der Waals surface area contributed by atoms with Crippen LogP contribution in [-0.2, 0) is 11.3 Å². The van der Waals surface area contributed by atoms with E-state index in [2.05, 4.69) is 0 Å². The van der Waals surface area contributed by atoms with Crippen molar-refractivity contribution in [2.75, 3.05) is 27.4 Å². The first kappa shape index (κ1) is 27.6. The normalized spacial score (nSPS) is 14.7. The molecule has 0 saturated carbocycles. The largest absolute Gasteiger partial charge is 0.497 e. The van der Waals surface area contributed by atoms with Crippen LogP contribution in [0.4, 0.5) is 0 Å². The second-order valence-corrected chi connectivity index (χ2v) is 10.00. The van der Waals surface area contributed by atoms with Crippen molar-refractivity contribution in [2.24, 2.45) is 0 Å². The highest BCUT2D eigenvalue weighted by Crippen LogP contribution is 2.36. The molecular weight excluding hydrogens is 530 g/mol. The third kappa shape index (κ3) is 6.08. The van der Waals surface area contributed by atoms with Gasteiger partial charge in [-0.05, 0) is 74.4 Å². The molecule has 0 radical (unpaired) electrons. The molecule has 0 bridgehead atoms. The van der Waals surface area contributed by atoms with Gasteiger partial charge in [-0.25, -0.2) is 4.68 Å². The van der Waals surface area contributed by atoms with Crippen LogP contribution in [0.15, 0.2) is 72.8 Å². The Hall–Kier alpha value is -4.01. The average molecular weight is 562 g/mol. The van der Waals surface area contributed by atoms with Crippen molar-refractivity contribution in [1.29, 1.82) is 0 Å². The zero-order valence-corrected chi connectivity index (χ0v) is 23.6. The maximum atomic E-state index is 13.9. The van der Waals surface area contributed by atoms with Gasteiger partial charge in [-0.1, -0.05) is 29.8 Å². The standard InChI is InChI=1S/C31H32ClN3O5/c1-21-27(20-34(19-26-10-7-17-39-26)30(36)22-8-6-9-25(18-22)37-2)31(40-29-12-5-4-11-28(29)38-3)35(33-21)24-15-13-23(32)14-16-24/h4-6,8-9,11-16,18,26H,7,10,17,19-20H2,1-3H3/t26-/m0/s1. The van der Waals surface area contributed by atoms with Gasteiger partial charge in [-0.15, -0.1) is 0 Å². The van der Waals surface area contributed by atoms with Gasteiger partial charge in [0, 0.05) is 23.7 Å². The molecule has 0 aliphatic carbocycles. The molecule has 1 amide bonds. The summed E-state index contributed by atoms with van der Waals surface area (Å²) >= 11 is 6.17. The molecule has 4 aromatic rings. The summed E-state index contributed by atoms with van der Waals surface area (Å²) in [7, 11) is 3.19. The Morgan fingerprint density at radius 3 is 2.52 bits per heavy atom. The van der Waals surface area contributed by atoms with Gasteiger partial charge in [0.15, 0.2) is 11.5 Å². The summed E-state index contributed by atoms with van der Waals surface area (Å²) in [6.07, 6.45) is 1.83. The SMILES string of the molecule is COc1cccc(C(=O)N(Cc2c(C)nn(-c3ccc(Cl)cc3)c2Oc2ccccc2OC)C[C@@H]2CCCO2)c1. The number of nitrogens with zero attached hydrogens (tertiary/aromatic N) is 3. The molecule has 208 valence electrons. The van der Waals surface area contributed by atoms with Crippen molar-refractivity contribution < 1.29 is 23.7 Å². The lowest BCUT2D eigenvalue weighted by atomic mass is 10.1. The van der Waals surface area contributed by atoms with Crippen LogP contribution < -0.4 is 14.2 Å². The fourth-order valence-corrected chi connectivity index (χ4v) is 4.90. The molecule has 1 atom stereocenters. The number of halogens is 1. The number of hydrogen-bond acceptors (Lipinski definition) is 6. The molecule has 40 heavy (non-hydrogen) atoms. The number of hydrogen-bond donors (Lipinski definition) is 0. The van der Waals surface area contributed by atoms with E-state index >= 15 is 0 Å². The number of rotatable bonds is 10. The lowest BCUT2D eigenvalue weighted by Crippen LogP contribution is -2.37. The lowest BCUT2D eigenvalue weighted by molar-refractivity contribution is 0.0505. The van der Waals surface area contributed by atoms with E-state index in [-0.39, 0.29) is 18.6 Å². The minimum atomic E-state index is -0.128. The number of benzene rings is 3. The molecular formula is C31H32ClN3O5. The Labute approximate surface area is 239 Å². The van der Waals surface area contributed by atoms with Crippen LogP contribution in [0.2, 0.25) is 5.02 Å². The fourth-order valence-electron chi connectivity index (χ4n) is 4.77. The highest BCUT2D eigenvalue weighted by Gasteiger charge is 2.28. The second-order valence-electron chi connectivity index (χ2n) is 9.56. The van der Waals surface area contributed by atoms with Gasteiger partial charge >= 0.3 is 0 Å². The van der Waals surface area contributed by atoms with Gasteiger partial charge in [0.05, 0.1) is 43.8 Å². The van der Waals surface area contributed by atoms with Crippen molar-refractivity contribution in [3.05, 3.63) is 94.6 Å². The van der Waals surface area contributed by atoms with E-state index in [1.807, 2.05) is 55.5 Å². The Bertz CT molecular complexity index is 1460. The predicted molar refractivity (Wildman–Crippen MR) is 153 cm³/mol. The number of aromatic nitrogens is 2. The smallest absolute Gasteiger partial charge is 0.254 e. The van der Waals surface area contributed by atoms with E-state index in [0.717, 1.165) is 29.8 Å². The molecule has 2 heterocycles. The van der Waals surface area contributed by atoms with Crippen LogP contribution in [0.25, 0.3) is 5.69 Å².